The molecule has 2 heteroatoms. The van der Waals surface area contributed by atoms with Crippen molar-refractivity contribution in [3.05, 3.63) is 271 Å². The third kappa shape index (κ3) is 5.95. The maximum Gasteiger partial charge on any atom is 0.136 e. The monoisotopic (exact) mass is 803 g/mol. The number of benzene rings is 10. The summed E-state index contributed by atoms with van der Waals surface area (Å²) in [6.07, 6.45) is 0. The van der Waals surface area contributed by atoms with Gasteiger partial charge in [-0.1, -0.05) is 206 Å². The fraction of sp³-hybridized carbons (Fsp3) is 0.0164. The quantitative estimate of drug-likeness (QED) is 0.152. The van der Waals surface area contributed by atoms with Gasteiger partial charge in [-0.3, -0.25) is 0 Å². The lowest BCUT2D eigenvalue weighted by molar-refractivity contribution is 0.669. The van der Waals surface area contributed by atoms with Crippen LogP contribution in [0.4, 0.5) is 17.1 Å². The summed E-state index contributed by atoms with van der Waals surface area (Å²) < 4.78 is 6.32. The molecule has 63 heavy (non-hydrogen) atoms. The Morgan fingerprint density at radius 2 is 0.825 bits per heavy atom. The number of furan rings is 1. The zero-order valence-electron chi connectivity index (χ0n) is 34.5. The Morgan fingerprint density at radius 3 is 1.57 bits per heavy atom. The Morgan fingerprint density at radius 1 is 0.317 bits per heavy atom. The van der Waals surface area contributed by atoms with Crippen LogP contribution in [0.5, 0.6) is 0 Å². The first-order chi connectivity index (χ1) is 31.3. The van der Waals surface area contributed by atoms with Crippen molar-refractivity contribution in [2.45, 2.75) is 5.41 Å². The number of hydrogen-bond acceptors (Lipinski definition) is 2. The van der Waals surface area contributed by atoms with Gasteiger partial charge >= 0.3 is 0 Å². The highest BCUT2D eigenvalue weighted by Gasteiger charge is 2.47. The van der Waals surface area contributed by atoms with Crippen LogP contribution in [0.25, 0.3) is 66.4 Å². The molecule has 0 bridgehead atoms. The van der Waals surface area contributed by atoms with E-state index in [0.29, 0.717) is 0 Å². The van der Waals surface area contributed by atoms with Crippen LogP contribution in [-0.4, -0.2) is 0 Å². The third-order valence-electron chi connectivity index (χ3n) is 13.0. The molecule has 12 rings (SSSR count). The van der Waals surface area contributed by atoms with Gasteiger partial charge in [0, 0.05) is 27.6 Å². The molecule has 10 aromatic carbocycles. The van der Waals surface area contributed by atoms with Crippen LogP contribution in [-0.2, 0) is 5.41 Å². The minimum absolute atomic E-state index is 0.526. The first-order valence-corrected chi connectivity index (χ1v) is 21.7. The molecule has 0 amide bonds. The Hall–Kier alpha value is -8.20. The molecule has 0 saturated carbocycles. The summed E-state index contributed by atoms with van der Waals surface area (Å²) in [6.45, 7) is 0. The highest BCUT2D eigenvalue weighted by Crippen LogP contribution is 2.60. The topological polar surface area (TPSA) is 16.4 Å². The number of hydrogen-bond donors (Lipinski definition) is 0. The highest BCUT2D eigenvalue weighted by atomic mass is 16.3. The van der Waals surface area contributed by atoms with Gasteiger partial charge in [0.1, 0.15) is 11.2 Å². The lowest BCUT2D eigenvalue weighted by Gasteiger charge is -2.34. The van der Waals surface area contributed by atoms with Crippen LogP contribution >= 0.6 is 0 Å². The number of rotatable bonds is 8. The number of nitrogens with zero attached hydrogens (tertiary/aromatic N) is 1. The van der Waals surface area contributed by atoms with Gasteiger partial charge in [-0.25, -0.2) is 0 Å². The zero-order valence-corrected chi connectivity index (χ0v) is 34.5. The van der Waals surface area contributed by atoms with Crippen molar-refractivity contribution >= 4 is 39.0 Å². The van der Waals surface area contributed by atoms with Crippen LogP contribution in [0.1, 0.15) is 22.3 Å². The van der Waals surface area contributed by atoms with Crippen LogP contribution in [0.2, 0.25) is 0 Å². The van der Waals surface area contributed by atoms with Crippen molar-refractivity contribution < 1.29 is 4.42 Å². The van der Waals surface area contributed by atoms with E-state index in [1.165, 1.54) is 44.5 Å². The van der Waals surface area contributed by atoms with Gasteiger partial charge in [0.2, 0.25) is 0 Å². The molecule has 0 radical (unpaired) electrons. The molecular weight excluding hydrogens is 763 g/mol. The summed E-state index contributed by atoms with van der Waals surface area (Å²) >= 11 is 0. The fourth-order valence-corrected chi connectivity index (χ4v) is 10.2. The number of fused-ring (bicyclic) bond motifs is 6. The van der Waals surface area contributed by atoms with E-state index in [-0.39, 0.29) is 0 Å². The van der Waals surface area contributed by atoms with E-state index in [2.05, 4.69) is 241 Å². The van der Waals surface area contributed by atoms with E-state index in [9.17, 15) is 0 Å². The van der Waals surface area contributed by atoms with Crippen molar-refractivity contribution in [3.63, 3.8) is 0 Å². The summed E-state index contributed by atoms with van der Waals surface area (Å²) in [4.78, 5) is 2.48. The molecular formula is C61H41NO. The third-order valence-corrected chi connectivity index (χ3v) is 13.0. The normalized spacial score (nSPS) is 12.6. The highest BCUT2D eigenvalue weighted by molar-refractivity contribution is 6.06. The van der Waals surface area contributed by atoms with Gasteiger partial charge in [-0.05, 0) is 98.1 Å². The molecule has 1 aliphatic rings. The van der Waals surface area contributed by atoms with Gasteiger partial charge in [-0.15, -0.1) is 0 Å². The largest absolute Gasteiger partial charge is 0.456 e. The summed E-state index contributed by atoms with van der Waals surface area (Å²) in [6, 6.07) is 90.3. The Balaban J connectivity index is 1.07. The molecule has 0 fully saturated rings. The smallest absolute Gasteiger partial charge is 0.136 e. The second kappa shape index (κ2) is 15.1. The predicted octanol–water partition coefficient (Wildman–Crippen LogP) is 16.4. The maximum absolute atomic E-state index is 6.32. The summed E-state index contributed by atoms with van der Waals surface area (Å²) in [5, 5.41) is 2.27. The van der Waals surface area contributed by atoms with Crippen molar-refractivity contribution in [1.82, 2.24) is 0 Å². The second-order valence-corrected chi connectivity index (χ2v) is 16.4. The summed E-state index contributed by atoms with van der Waals surface area (Å²) in [5.41, 5.74) is 19.0. The predicted molar refractivity (Wildman–Crippen MR) is 262 cm³/mol. The summed E-state index contributed by atoms with van der Waals surface area (Å²) in [5.74, 6) is 0. The molecule has 296 valence electrons. The second-order valence-electron chi connectivity index (χ2n) is 16.4. The van der Waals surface area contributed by atoms with Gasteiger partial charge in [-0.2, -0.15) is 0 Å². The molecule has 1 aromatic heterocycles. The Labute approximate surface area is 367 Å². The van der Waals surface area contributed by atoms with Crippen molar-refractivity contribution in [2.75, 3.05) is 4.90 Å². The average Bonchev–Trinajstić information content (AvgIpc) is 3.89. The van der Waals surface area contributed by atoms with E-state index in [4.69, 9.17) is 4.42 Å². The Bertz CT molecular complexity index is 3380. The van der Waals surface area contributed by atoms with Crippen LogP contribution in [0.3, 0.4) is 0 Å². The molecule has 0 saturated heterocycles. The zero-order chi connectivity index (χ0) is 41.7. The van der Waals surface area contributed by atoms with Gasteiger partial charge in [0.15, 0.2) is 0 Å². The molecule has 0 unspecified atom stereocenters. The molecule has 0 atom stereocenters. The summed E-state index contributed by atoms with van der Waals surface area (Å²) in [7, 11) is 0. The van der Waals surface area contributed by atoms with Crippen molar-refractivity contribution in [1.29, 1.82) is 0 Å². The maximum atomic E-state index is 6.32. The van der Waals surface area contributed by atoms with Crippen LogP contribution < -0.4 is 4.90 Å². The molecule has 1 aliphatic carbocycles. The van der Waals surface area contributed by atoms with E-state index in [0.717, 1.165) is 61.3 Å². The van der Waals surface area contributed by atoms with E-state index < -0.39 is 5.41 Å². The van der Waals surface area contributed by atoms with E-state index >= 15 is 0 Å². The molecule has 2 nitrogen and oxygen atoms in total. The lowest BCUT2D eigenvalue weighted by Crippen LogP contribution is -2.28. The van der Waals surface area contributed by atoms with Gasteiger partial charge in [0.25, 0.3) is 0 Å². The standard InChI is InChI=1S/C61H41NO/c1-4-17-42(18-5-1)43-31-33-45(34-32-43)50-23-11-14-28-56(50)62(49-38-35-44(36-39-49)46-37-40-52-51-24-12-15-30-58(51)63-59(52)41-46)57-29-16-27-55-60(57)53-25-10-13-26-54(53)61(55,47-19-6-2-7-20-47)48-21-8-3-9-22-48/h1-41H. The first kappa shape index (κ1) is 36.6. The molecule has 1 heterocycles. The molecule has 0 N–H and O–H groups in total. The fourth-order valence-electron chi connectivity index (χ4n) is 10.2. The van der Waals surface area contributed by atoms with Gasteiger partial charge < -0.3 is 9.32 Å². The van der Waals surface area contributed by atoms with Crippen molar-refractivity contribution in [3.8, 4) is 44.5 Å². The first-order valence-electron chi connectivity index (χ1n) is 21.7. The lowest BCUT2D eigenvalue weighted by atomic mass is 9.68. The van der Waals surface area contributed by atoms with Crippen LogP contribution in [0, 0.1) is 0 Å². The number of anilines is 3. The van der Waals surface area contributed by atoms with Gasteiger partial charge in [0.05, 0.1) is 16.8 Å². The van der Waals surface area contributed by atoms with Crippen molar-refractivity contribution in [2.24, 2.45) is 0 Å². The van der Waals surface area contributed by atoms with E-state index in [1.54, 1.807) is 0 Å². The van der Waals surface area contributed by atoms with E-state index in [1.807, 2.05) is 12.1 Å². The minimum Gasteiger partial charge on any atom is -0.456 e. The van der Waals surface area contributed by atoms with Crippen LogP contribution in [0.15, 0.2) is 253 Å². The molecule has 11 aromatic rings. The number of para-hydroxylation sites is 2. The SMILES string of the molecule is c1ccc(-c2ccc(-c3ccccc3N(c3ccc(-c4ccc5c(c4)oc4ccccc45)cc3)c3cccc4c3-c3ccccc3C4(c3ccccc3)c3ccccc3)cc2)cc1. The average molecular weight is 804 g/mol. The molecule has 0 aliphatic heterocycles. The molecule has 0 spiro atoms. The minimum atomic E-state index is -0.526. The Kier molecular flexibility index (Phi) is 8.76.